The summed E-state index contributed by atoms with van der Waals surface area (Å²) in [7, 11) is 0. The molecule has 1 N–H and O–H groups in total. The van der Waals surface area contributed by atoms with Crippen molar-refractivity contribution in [2.75, 3.05) is 13.1 Å². The number of aliphatic carboxylic acids is 1. The van der Waals surface area contributed by atoms with Gasteiger partial charge in [-0.3, -0.25) is 9.59 Å². The molecule has 2 heterocycles. The van der Waals surface area contributed by atoms with Gasteiger partial charge in [0.25, 0.3) is 5.91 Å². The van der Waals surface area contributed by atoms with Crippen molar-refractivity contribution in [1.29, 1.82) is 0 Å². The van der Waals surface area contributed by atoms with E-state index in [0.29, 0.717) is 19.4 Å². The average molecular weight is 280 g/mol. The standard InChI is InChI=1S/C14H17FN2O3/c1-2-5-14(13(19)20)6-7-17(9-14)12(18)10-3-4-11(15)16-8-10/h3-4,8H,2,5-7,9H2,1H3,(H,19,20). The van der Waals surface area contributed by atoms with E-state index >= 15 is 0 Å². The van der Waals surface area contributed by atoms with Crippen molar-refractivity contribution in [2.45, 2.75) is 26.2 Å². The number of likely N-dealkylation sites (tertiary alicyclic amines) is 1. The van der Waals surface area contributed by atoms with Gasteiger partial charge < -0.3 is 10.0 Å². The van der Waals surface area contributed by atoms with E-state index in [1.807, 2.05) is 6.92 Å². The number of carbonyl (C=O) groups excluding carboxylic acids is 1. The highest BCUT2D eigenvalue weighted by molar-refractivity contribution is 5.94. The molecule has 1 aliphatic rings. The van der Waals surface area contributed by atoms with E-state index in [9.17, 15) is 19.1 Å². The fourth-order valence-corrected chi connectivity index (χ4v) is 2.69. The molecule has 0 aliphatic carbocycles. The van der Waals surface area contributed by atoms with Crippen LogP contribution in [-0.2, 0) is 4.79 Å². The largest absolute Gasteiger partial charge is 0.481 e. The van der Waals surface area contributed by atoms with Crippen LogP contribution < -0.4 is 0 Å². The molecule has 1 atom stereocenters. The molecule has 1 fully saturated rings. The predicted octanol–water partition coefficient (Wildman–Crippen LogP) is 1.94. The Morgan fingerprint density at radius 3 is 2.80 bits per heavy atom. The molecule has 108 valence electrons. The molecule has 1 amide bonds. The summed E-state index contributed by atoms with van der Waals surface area (Å²) < 4.78 is 12.7. The Morgan fingerprint density at radius 1 is 1.50 bits per heavy atom. The Kier molecular flexibility index (Phi) is 4.01. The highest BCUT2D eigenvalue weighted by atomic mass is 19.1. The fourth-order valence-electron chi connectivity index (χ4n) is 2.69. The van der Waals surface area contributed by atoms with Crippen molar-refractivity contribution in [3.05, 3.63) is 29.8 Å². The van der Waals surface area contributed by atoms with Crippen molar-refractivity contribution in [3.63, 3.8) is 0 Å². The summed E-state index contributed by atoms with van der Waals surface area (Å²) in [6, 6.07) is 2.49. The molecule has 1 aromatic heterocycles. The lowest BCUT2D eigenvalue weighted by Crippen LogP contribution is -2.37. The number of nitrogens with zero attached hydrogens (tertiary/aromatic N) is 2. The zero-order valence-electron chi connectivity index (χ0n) is 11.3. The molecule has 1 aromatic rings. The maximum absolute atomic E-state index is 12.7. The van der Waals surface area contributed by atoms with E-state index in [2.05, 4.69) is 4.98 Å². The lowest BCUT2D eigenvalue weighted by Gasteiger charge is -2.24. The molecular formula is C14H17FN2O3. The van der Waals surface area contributed by atoms with E-state index in [0.717, 1.165) is 12.5 Å². The van der Waals surface area contributed by atoms with Crippen LogP contribution >= 0.6 is 0 Å². The molecule has 0 radical (unpaired) electrons. The van der Waals surface area contributed by atoms with Crippen molar-refractivity contribution < 1.29 is 19.1 Å². The molecule has 20 heavy (non-hydrogen) atoms. The molecule has 5 nitrogen and oxygen atoms in total. The van der Waals surface area contributed by atoms with Crippen molar-refractivity contribution in [2.24, 2.45) is 5.41 Å². The monoisotopic (exact) mass is 280 g/mol. The van der Waals surface area contributed by atoms with Gasteiger partial charge in [0.2, 0.25) is 5.95 Å². The maximum atomic E-state index is 12.7. The van der Waals surface area contributed by atoms with Crippen LogP contribution in [0.2, 0.25) is 0 Å². The van der Waals surface area contributed by atoms with Crippen molar-refractivity contribution in [3.8, 4) is 0 Å². The third kappa shape index (κ3) is 2.64. The number of amides is 1. The molecule has 6 heteroatoms. The topological polar surface area (TPSA) is 70.5 Å². The lowest BCUT2D eigenvalue weighted by atomic mass is 9.83. The van der Waals surface area contributed by atoms with Crippen LogP contribution in [0.25, 0.3) is 0 Å². The SMILES string of the molecule is CCCC1(C(=O)O)CCN(C(=O)c2ccc(F)nc2)C1. The highest BCUT2D eigenvalue weighted by Gasteiger charge is 2.45. The molecule has 1 saturated heterocycles. The fraction of sp³-hybridized carbons (Fsp3) is 0.500. The van der Waals surface area contributed by atoms with Crippen molar-refractivity contribution in [1.82, 2.24) is 9.88 Å². The summed E-state index contributed by atoms with van der Waals surface area (Å²) in [5, 5.41) is 9.40. The average Bonchev–Trinajstić information content (AvgIpc) is 2.85. The van der Waals surface area contributed by atoms with Crippen LogP contribution in [0, 0.1) is 11.4 Å². The van der Waals surface area contributed by atoms with Gasteiger partial charge >= 0.3 is 5.97 Å². The van der Waals surface area contributed by atoms with Gasteiger partial charge in [0.1, 0.15) is 0 Å². The predicted molar refractivity (Wildman–Crippen MR) is 69.7 cm³/mol. The summed E-state index contributed by atoms with van der Waals surface area (Å²) in [6.07, 6.45) is 2.94. The number of carboxylic acids is 1. The second kappa shape index (κ2) is 5.56. The van der Waals surface area contributed by atoms with E-state index in [4.69, 9.17) is 0 Å². The number of rotatable bonds is 4. The second-order valence-corrected chi connectivity index (χ2v) is 5.18. The summed E-state index contributed by atoms with van der Waals surface area (Å²) in [5.74, 6) is -1.79. The minimum atomic E-state index is -0.855. The Morgan fingerprint density at radius 2 is 2.25 bits per heavy atom. The van der Waals surface area contributed by atoms with Crippen LogP contribution in [0.5, 0.6) is 0 Å². The Hall–Kier alpha value is -1.98. The van der Waals surface area contributed by atoms with Gasteiger partial charge in [0.15, 0.2) is 0 Å². The quantitative estimate of drug-likeness (QED) is 0.856. The molecule has 1 unspecified atom stereocenters. The number of carboxylic acid groups (broad SMARTS) is 1. The lowest BCUT2D eigenvalue weighted by molar-refractivity contribution is -0.148. The first-order chi connectivity index (χ1) is 9.48. The Labute approximate surface area is 116 Å². The van der Waals surface area contributed by atoms with Gasteiger partial charge in [-0.1, -0.05) is 13.3 Å². The number of hydrogen-bond donors (Lipinski definition) is 1. The molecule has 0 saturated carbocycles. The molecule has 1 aliphatic heterocycles. The Bertz CT molecular complexity index is 518. The van der Waals surface area contributed by atoms with E-state index in [1.54, 1.807) is 0 Å². The number of halogens is 1. The zero-order valence-corrected chi connectivity index (χ0v) is 11.3. The van der Waals surface area contributed by atoms with Gasteiger partial charge in [0.05, 0.1) is 11.0 Å². The third-order valence-electron chi connectivity index (χ3n) is 3.80. The summed E-state index contributed by atoms with van der Waals surface area (Å²) >= 11 is 0. The first kappa shape index (κ1) is 14.4. The minimum Gasteiger partial charge on any atom is -0.481 e. The van der Waals surface area contributed by atoms with Crippen LogP contribution in [0.3, 0.4) is 0 Å². The number of pyridine rings is 1. The van der Waals surface area contributed by atoms with E-state index < -0.39 is 17.3 Å². The van der Waals surface area contributed by atoms with Crippen LogP contribution in [-0.4, -0.2) is 40.0 Å². The van der Waals surface area contributed by atoms with Crippen LogP contribution in [0.15, 0.2) is 18.3 Å². The summed E-state index contributed by atoms with van der Waals surface area (Å²) in [5.41, 5.74) is -0.568. The molecule has 2 rings (SSSR count). The third-order valence-corrected chi connectivity index (χ3v) is 3.80. The van der Waals surface area contributed by atoms with Gasteiger partial charge in [-0.05, 0) is 25.0 Å². The number of carbonyl (C=O) groups is 2. The maximum Gasteiger partial charge on any atom is 0.311 e. The number of aromatic nitrogens is 1. The summed E-state index contributed by atoms with van der Waals surface area (Å²) in [6.45, 7) is 2.54. The molecule has 0 aromatic carbocycles. The van der Waals surface area contributed by atoms with E-state index in [-0.39, 0.29) is 18.0 Å². The first-order valence-electron chi connectivity index (χ1n) is 6.63. The van der Waals surface area contributed by atoms with Gasteiger partial charge in [-0.2, -0.15) is 4.39 Å². The van der Waals surface area contributed by atoms with Crippen LogP contribution in [0.4, 0.5) is 4.39 Å². The van der Waals surface area contributed by atoms with Gasteiger partial charge in [-0.15, -0.1) is 0 Å². The van der Waals surface area contributed by atoms with Gasteiger partial charge in [0, 0.05) is 19.3 Å². The van der Waals surface area contributed by atoms with E-state index in [1.165, 1.54) is 17.2 Å². The normalized spacial score (nSPS) is 22.0. The molecule has 0 spiro atoms. The summed E-state index contributed by atoms with van der Waals surface area (Å²) in [4.78, 5) is 28.7. The smallest absolute Gasteiger partial charge is 0.311 e. The molecular weight excluding hydrogens is 263 g/mol. The minimum absolute atomic E-state index is 0.201. The highest BCUT2D eigenvalue weighted by Crippen LogP contribution is 2.36. The second-order valence-electron chi connectivity index (χ2n) is 5.18. The Balaban J connectivity index is 2.14. The zero-order chi connectivity index (χ0) is 14.8. The number of hydrogen-bond acceptors (Lipinski definition) is 3. The van der Waals surface area contributed by atoms with Crippen molar-refractivity contribution >= 4 is 11.9 Å². The molecule has 0 bridgehead atoms. The first-order valence-corrected chi connectivity index (χ1v) is 6.63. The van der Waals surface area contributed by atoms with Crippen LogP contribution in [0.1, 0.15) is 36.5 Å². The van der Waals surface area contributed by atoms with Gasteiger partial charge in [-0.25, -0.2) is 4.98 Å².